The van der Waals surface area contributed by atoms with E-state index in [4.69, 9.17) is 25.8 Å². The highest BCUT2D eigenvalue weighted by Gasteiger charge is 2.22. The Morgan fingerprint density at radius 3 is 2.51 bits per heavy atom. The molecular weight excluding hydrogens is 522 g/mol. The van der Waals surface area contributed by atoms with Crippen LogP contribution < -0.4 is 15.4 Å². The van der Waals surface area contributed by atoms with Crippen LogP contribution in [0, 0.1) is 11.6 Å². The summed E-state index contributed by atoms with van der Waals surface area (Å²) in [6, 6.07) is 3.79. The van der Waals surface area contributed by atoms with Crippen LogP contribution in [0.25, 0.3) is 11.0 Å². The van der Waals surface area contributed by atoms with E-state index >= 15 is 0 Å². The molecule has 2 heterocycles. The van der Waals surface area contributed by atoms with Crippen LogP contribution in [-0.4, -0.2) is 49.5 Å². The minimum absolute atomic E-state index is 0.0763. The number of fused-ring (bicyclic) bond motifs is 1. The van der Waals surface area contributed by atoms with Crippen molar-refractivity contribution >= 4 is 42.4 Å². The van der Waals surface area contributed by atoms with Crippen LogP contribution in [0.1, 0.15) is 13.8 Å². The first-order valence-corrected chi connectivity index (χ1v) is 15.8. The fourth-order valence-electron chi connectivity index (χ4n) is 3.57. The average Bonchev–Trinajstić information content (AvgIpc) is 3.09. The summed E-state index contributed by atoms with van der Waals surface area (Å²) in [6.45, 7) is 11.4. The number of carbonyl (C=O) groups is 1. The third-order valence-electron chi connectivity index (χ3n) is 5.32. The monoisotopic (exact) mass is 554 g/mol. The Morgan fingerprint density at radius 1 is 1.22 bits per heavy atom. The Bertz CT molecular complexity index is 1240. The number of anilines is 1. The largest absolute Gasteiger partial charge is 0.450 e. The third-order valence-corrected chi connectivity index (χ3v) is 7.32. The molecule has 0 atom stereocenters. The second-order valence-corrected chi connectivity index (χ2v) is 16.6. The Kier molecular flexibility index (Phi) is 9.17. The van der Waals surface area contributed by atoms with E-state index in [9.17, 15) is 13.6 Å². The molecular formula is C25H33ClF2N4O4Si. The molecule has 0 aliphatic rings. The van der Waals surface area contributed by atoms with E-state index in [1.807, 2.05) is 0 Å². The Balaban J connectivity index is 1.77. The normalized spacial score (nSPS) is 12.1. The Hall–Kier alpha value is -2.73. The fourth-order valence-corrected chi connectivity index (χ4v) is 4.62. The van der Waals surface area contributed by atoms with Crippen LogP contribution in [0.4, 0.5) is 19.3 Å². The fraction of sp³-hybridized carbons (Fsp3) is 0.440. The van der Waals surface area contributed by atoms with E-state index in [-0.39, 0.29) is 24.8 Å². The van der Waals surface area contributed by atoms with Crippen LogP contribution >= 0.6 is 11.6 Å². The third kappa shape index (κ3) is 7.87. The molecule has 12 heteroatoms. The van der Waals surface area contributed by atoms with E-state index in [0.717, 1.165) is 18.2 Å². The number of rotatable bonds is 11. The molecule has 2 N–H and O–H groups in total. The van der Waals surface area contributed by atoms with Gasteiger partial charge in [0.1, 0.15) is 18.1 Å². The maximum atomic E-state index is 14.9. The minimum Gasteiger partial charge on any atom is -0.450 e. The zero-order valence-electron chi connectivity index (χ0n) is 21.9. The lowest BCUT2D eigenvalue weighted by molar-refractivity contribution is 0.0899. The summed E-state index contributed by atoms with van der Waals surface area (Å²) < 4.78 is 48.0. The first-order valence-electron chi connectivity index (χ1n) is 11.8. The van der Waals surface area contributed by atoms with Crippen molar-refractivity contribution in [3.05, 3.63) is 47.2 Å². The second kappa shape index (κ2) is 11.8. The van der Waals surface area contributed by atoms with Crippen molar-refractivity contribution in [1.82, 2.24) is 14.9 Å². The summed E-state index contributed by atoms with van der Waals surface area (Å²) in [5.74, 6) is -2.50. The highest BCUT2D eigenvalue weighted by Crippen LogP contribution is 2.37. The zero-order chi connectivity index (χ0) is 27.4. The number of pyridine rings is 1. The molecule has 0 radical (unpaired) electrons. The van der Waals surface area contributed by atoms with E-state index < -0.39 is 37.0 Å². The lowest BCUT2D eigenvalue weighted by atomic mass is 10.1. The van der Waals surface area contributed by atoms with Crippen LogP contribution in [0.5, 0.6) is 11.5 Å². The smallest absolute Gasteiger partial charge is 0.319 e. The first-order chi connectivity index (χ1) is 17.3. The Labute approximate surface area is 221 Å². The van der Waals surface area contributed by atoms with Gasteiger partial charge in [0.05, 0.1) is 22.6 Å². The number of halogens is 3. The number of nitrogens with zero attached hydrogens (tertiary/aromatic N) is 2. The van der Waals surface area contributed by atoms with Gasteiger partial charge in [0.2, 0.25) is 0 Å². The standard InChI is InChI=1S/C25H33ClF2N4O4Si/c1-25(2,14-34-3)31-24(33)30-16-11-18(27)22(19(28)12-16)36-20-7-8-29-23-21(20)17(26)13-32(23)15-35-9-10-37(4,5)6/h7-8,11-13H,9-10,14-15H2,1-6H3,(H2,30,31,33). The highest BCUT2D eigenvalue weighted by atomic mass is 35.5. The van der Waals surface area contributed by atoms with Crippen molar-refractivity contribution in [1.29, 1.82) is 0 Å². The lowest BCUT2D eigenvalue weighted by Crippen LogP contribution is -2.48. The molecule has 0 aliphatic heterocycles. The number of nitrogens with one attached hydrogen (secondary N) is 2. The maximum absolute atomic E-state index is 14.9. The van der Waals surface area contributed by atoms with Crippen molar-refractivity contribution < 1.29 is 27.8 Å². The molecule has 202 valence electrons. The second-order valence-electron chi connectivity index (χ2n) is 10.6. The molecule has 0 fully saturated rings. The molecule has 37 heavy (non-hydrogen) atoms. The summed E-state index contributed by atoms with van der Waals surface area (Å²) in [7, 11) is 0.273. The molecule has 0 spiro atoms. The maximum Gasteiger partial charge on any atom is 0.319 e. The summed E-state index contributed by atoms with van der Waals surface area (Å²) in [4.78, 5) is 16.6. The number of urea groups is 1. The topological polar surface area (TPSA) is 86.6 Å². The lowest BCUT2D eigenvalue weighted by Gasteiger charge is -2.25. The van der Waals surface area contributed by atoms with E-state index in [2.05, 4.69) is 35.3 Å². The number of hydrogen-bond acceptors (Lipinski definition) is 5. The quantitative estimate of drug-likeness (QED) is 0.205. The number of aromatic nitrogens is 2. The number of hydrogen-bond donors (Lipinski definition) is 2. The molecule has 2 aromatic heterocycles. The summed E-state index contributed by atoms with van der Waals surface area (Å²) in [5, 5.41) is 5.80. The average molecular weight is 555 g/mol. The summed E-state index contributed by atoms with van der Waals surface area (Å²) >= 11 is 6.43. The number of methoxy groups -OCH3 is 1. The van der Waals surface area contributed by atoms with Crippen molar-refractivity contribution in [2.24, 2.45) is 0 Å². The van der Waals surface area contributed by atoms with Gasteiger partial charge in [-0.25, -0.2) is 18.6 Å². The molecule has 3 rings (SSSR count). The number of amides is 2. The number of ether oxygens (including phenoxy) is 3. The molecule has 0 aliphatic carbocycles. The van der Waals surface area contributed by atoms with E-state index in [1.54, 1.807) is 24.6 Å². The molecule has 0 bridgehead atoms. The van der Waals surface area contributed by atoms with Gasteiger partial charge in [0.25, 0.3) is 0 Å². The van der Waals surface area contributed by atoms with Crippen molar-refractivity contribution in [2.75, 3.05) is 25.6 Å². The van der Waals surface area contributed by atoms with Gasteiger partial charge in [-0.3, -0.25) is 0 Å². The van der Waals surface area contributed by atoms with Gasteiger partial charge >= 0.3 is 6.03 Å². The van der Waals surface area contributed by atoms with E-state index in [0.29, 0.717) is 22.7 Å². The van der Waals surface area contributed by atoms with Gasteiger partial charge in [-0.15, -0.1) is 0 Å². The van der Waals surface area contributed by atoms with Gasteiger partial charge < -0.3 is 29.4 Å². The van der Waals surface area contributed by atoms with Gasteiger partial charge in [-0.05, 0) is 26.0 Å². The molecule has 0 saturated carbocycles. The van der Waals surface area contributed by atoms with Crippen LogP contribution in [-0.2, 0) is 16.2 Å². The highest BCUT2D eigenvalue weighted by molar-refractivity contribution is 6.76. The summed E-state index contributed by atoms with van der Waals surface area (Å²) in [5.41, 5.74) is -0.293. The molecule has 0 unspecified atom stereocenters. The van der Waals surface area contributed by atoms with E-state index in [1.165, 1.54) is 19.4 Å². The van der Waals surface area contributed by atoms with Crippen molar-refractivity contribution in [3.63, 3.8) is 0 Å². The van der Waals surface area contributed by atoms with Crippen LogP contribution in [0.15, 0.2) is 30.6 Å². The SMILES string of the molecule is COCC(C)(C)NC(=O)Nc1cc(F)c(Oc2ccnc3c2c(Cl)cn3COCC[Si](C)(C)C)c(F)c1. The first kappa shape index (κ1) is 28.8. The van der Waals surface area contributed by atoms with Crippen LogP contribution in [0.2, 0.25) is 30.7 Å². The predicted octanol–water partition coefficient (Wildman–Crippen LogP) is 6.62. The molecule has 0 saturated heterocycles. The van der Waals surface area contributed by atoms with Gasteiger partial charge in [-0.1, -0.05) is 31.2 Å². The molecule has 2 amide bonds. The van der Waals surface area contributed by atoms with Crippen molar-refractivity contribution in [3.8, 4) is 11.5 Å². The number of benzene rings is 1. The zero-order valence-corrected chi connectivity index (χ0v) is 23.6. The Morgan fingerprint density at radius 2 is 1.89 bits per heavy atom. The molecule has 8 nitrogen and oxygen atoms in total. The predicted molar refractivity (Wildman–Crippen MR) is 143 cm³/mol. The van der Waals surface area contributed by atoms with Gasteiger partial charge in [0, 0.05) is 52.0 Å². The van der Waals surface area contributed by atoms with Crippen LogP contribution in [0.3, 0.4) is 0 Å². The van der Waals surface area contributed by atoms with Gasteiger partial charge in [-0.2, -0.15) is 0 Å². The summed E-state index contributed by atoms with van der Waals surface area (Å²) in [6.07, 6.45) is 3.11. The minimum atomic E-state index is -1.23. The number of carbonyl (C=O) groups excluding carboxylic acids is 1. The molecule has 1 aromatic carbocycles. The van der Waals surface area contributed by atoms with Gasteiger partial charge in [0.15, 0.2) is 17.4 Å². The van der Waals surface area contributed by atoms with Crippen molar-refractivity contribution in [2.45, 2.75) is 51.8 Å². The molecule has 3 aromatic rings.